The first-order valence-corrected chi connectivity index (χ1v) is 9.27. The van der Waals surface area contributed by atoms with Crippen molar-refractivity contribution in [3.63, 3.8) is 0 Å². The lowest BCUT2D eigenvalue weighted by Gasteiger charge is -2.24. The highest BCUT2D eigenvalue weighted by molar-refractivity contribution is 7.81. The first-order chi connectivity index (χ1) is 13.0. The lowest BCUT2D eigenvalue weighted by atomic mass is 10.0. The van der Waals surface area contributed by atoms with Crippen LogP contribution in [0, 0.1) is 0 Å². The first-order valence-electron chi connectivity index (χ1n) is 8.76. The Morgan fingerprint density at radius 2 is 1.85 bits per heavy atom. The van der Waals surface area contributed by atoms with Crippen molar-refractivity contribution in [2.24, 2.45) is 0 Å². The summed E-state index contributed by atoms with van der Waals surface area (Å²) in [7, 11) is 1.68. The van der Waals surface area contributed by atoms with E-state index in [1.165, 1.54) is 11.0 Å². The van der Waals surface area contributed by atoms with Crippen LogP contribution in [0.3, 0.4) is 0 Å². The SMILES string of the molecule is C=CCOC(=O)N(C)Cc1ccc([C@H]2C[C@@H](S)CN2C(=O)OCC=C)cc1. The Morgan fingerprint density at radius 3 is 2.48 bits per heavy atom. The van der Waals surface area contributed by atoms with Crippen molar-refractivity contribution in [1.82, 2.24) is 9.80 Å². The first kappa shape index (κ1) is 20.9. The molecular formula is C20H26N2O4S. The van der Waals surface area contributed by atoms with Crippen LogP contribution in [0.25, 0.3) is 0 Å². The van der Waals surface area contributed by atoms with Crippen LogP contribution in [-0.2, 0) is 16.0 Å². The summed E-state index contributed by atoms with van der Waals surface area (Å²) in [5.41, 5.74) is 1.99. The largest absolute Gasteiger partial charge is 0.445 e. The van der Waals surface area contributed by atoms with Gasteiger partial charge in [-0.2, -0.15) is 12.6 Å². The number of likely N-dealkylation sites (tertiary alicyclic amines) is 1. The van der Waals surface area contributed by atoms with E-state index in [1.807, 2.05) is 24.3 Å². The normalized spacial score (nSPS) is 18.7. The molecule has 0 saturated carbocycles. The molecule has 0 radical (unpaired) electrons. The Bertz CT molecular complexity index is 677. The third-order valence-electron chi connectivity index (χ3n) is 4.26. The third-order valence-corrected chi connectivity index (χ3v) is 4.63. The molecule has 0 spiro atoms. The monoisotopic (exact) mass is 390 g/mol. The fourth-order valence-electron chi connectivity index (χ4n) is 2.97. The van der Waals surface area contributed by atoms with Crippen LogP contribution >= 0.6 is 12.6 Å². The van der Waals surface area contributed by atoms with Crippen LogP contribution in [0.5, 0.6) is 0 Å². The number of thiol groups is 1. The molecule has 2 amide bonds. The van der Waals surface area contributed by atoms with Gasteiger partial charge >= 0.3 is 12.2 Å². The predicted octanol–water partition coefficient (Wildman–Crippen LogP) is 3.81. The maximum absolute atomic E-state index is 12.3. The van der Waals surface area contributed by atoms with E-state index < -0.39 is 6.09 Å². The quantitative estimate of drug-likeness (QED) is 0.568. The van der Waals surface area contributed by atoms with Gasteiger partial charge in [-0.1, -0.05) is 49.6 Å². The Labute approximate surface area is 165 Å². The molecule has 1 aliphatic rings. The van der Waals surface area contributed by atoms with E-state index in [2.05, 4.69) is 25.8 Å². The van der Waals surface area contributed by atoms with Gasteiger partial charge in [0.25, 0.3) is 0 Å². The number of hydrogen-bond acceptors (Lipinski definition) is 5. The van der Waals surface area contributed by atoms with Crippen molar-refractivity contribution in [3.05, 3.63) is 60.7 Å². The average molecular weight is 391 g/mol. The van der Waals surface area contributed by atoms with Crippen molar-refractivity contribution in [3.8, 4) is 0 Å². The standard InChI is InChI=1S/C20H26N2O4S/c1-4-10-25-19(23)21(3)13-15-6-8-16(9-7-15)18-12-17(27)14-22(18)20(24)26-11-5-2/h4-9,17-18,27H,1-2,10-14H2,3H3/t17-,18-/m1/s1. The maximum Gasteiger partial charge on any atom is 0.410 e. The summed E-state index contributed by atoms with van der Waals surface area (Å²) >= 11 is 4.53. The Hall–Kier alpha value is -2.41. The van der Waals surface area contributed by atoms with Gasteiger partial charge < -0.3 is 19.3 Å². The highest BCUT2D eigenvalue weighted by Crippen LogP contribution is 2.35. The van der Waals surface area contributed by atoms with Gasteiger partial charge in [-0.05, 0) is 17.5 Å². The molecule has 0 aromatic heterocycles. The zero-order valence-corrected chi connectivity index (χ0v) is 16.4. The molecular weight excluding hydrogens is 364 g/mol. The number of hydrogen-bond donors (Lipinski definition) is 1. The van der Waals surface area contributed by atoms with Crippen LogP contribution in [0.4, 0.5) is 9.59 Å². The molecule has 1 heterocycles. The van der Waals surface area contributed by atoms with Crippen molar-refractivity contribution in [2.75, 3.05) is 26.8 Å². The van der Waals surface area contributed by atoms with Gasteiger partial charge in [0.05, 0.1) is 6.04 Å². The molecule has 2 rings (SSSR count). The molecule has 0 unspecified atom stereocenters. The van der Waals surface area contributed by atoms with Gasteiger partial charge in [-0.15, -0.1) is 0 Å². The summed E-state index contributed by atoms with van der Waals surface area (Å²) in [4.78, 5) is 27.3. The predicted molar refractivity (Wildman–Crippen MR) is 108 cm³/mol. The minimum Gasteiger partial charge on any atom is -0.445 e. The second-order valence-electron chi connectivity index (χ2n) is 6.39. The summed E-state index contributed by atoms with van der Waals surface area (Å²) in [5.74, 6) is 0. The van der Waals surface area contributed by atoms with E-state index >= 15 is 0 Å². The molecule has 2 atom stereocenters. The lowest BCUT2D eigenvalue weighted by Crippen LogP contribution is -2.32. The number of ether oxygens (including phenoxy) is 2. The molecule has 0 aliphatic carbocycles. The fraction of sp³-hybridized carbons (Fsp3) is 0.400. The average Bonchev–Trinajstić information content (AvgIpc) is 3.06. The highest BCUT2D eigenvalue weighted by Gasteiger charge is 2.35. The van der Waals surface area contributed by atoms with Gasteiger partial charge in [0.1, 0.15) is 13.2 Å². The van der Waals surface area contributed by atoms with Crippen LogP contribution in [0.15, 0.2) is 49.6 Å². The molecule has 1 fully saturated rings. The van der Waals surface area contributed by atoms with Gasteiger partial charge in [0.15, 0.2) is 0 Å². The Kier molecular flexibility index (Phi) is 7.79. The van der Waals surface area contributed by atoms with Crippen molar-refractivity contribution >= 4 is 24.8 Å². The lowest BCUT2D eigenvalue weighted by molar-refractivity contribution is 0.108. The molecule has 7 heteroatoms. The summed E-state index contributed by atoms with van der Waals surface area (Å²) in [6, 6.07) is 7.77. The van der Waals surface area contributed by atoms with Crippen molar-refractivity contribution < 1.29 is 19.1 Å². The number of rotatable bonds is 7. The molecule has 0 N–H and O–H groups in total. The Morgan fingerprint density at radius 1 is 1.22 bits per heavy atom. The molecule has 1 aromatic rings. The zero-order chi connectivity index (χ0) is 19.8. The topological polar surface area (TPSA) is 59.1 Å². The van der Waals surface area contributed by atoms with Gasteiger partial charge in [-0.25, -0.2) is 9.59 Å². The van der Waals surface area contributed by atoms with E-state index in [0.29, 0.717) is 13.1 Å². The van der Waals surface area contributed by atoms with Crippen LogP contribution in [-0.4, -0.2) is 54.0 Å². The number of carbonyl (C=O) groups excluding carboxylic acids is 2. The van der Waals surface area contributed by atoms with Crippen LogP contribution in [0.1, 0.15) is 23.6 Å². The molecule has 1 aliphatic heterocycles. The van der Waals surface area contributed by atoms with Crippen LogP contribution < -0.4 is 0 Å². The zero-order valence-electron chi connectivity index (χ0n) is 15.5. The Balaban J connectivity index is 2.02. The number of amides is 2. The molecule has 6 nitrogen and oxygen atoms in total. The second-order valence-corrected chi connectivity index (χ2v) is 7.12. The molecule has 1 aromatic carbocycles. The summed E-state index contributed by atoms with van der Waals surface area (Å²) < 4.78 is 10.2. The second kappa shape index (κ2) is 10.1. The third kappa shape index (κ3) is 5.79. The van der Waals surface area contributed by atoms with E-state index in [0.717, 1.165) is 17.5 Å². The fourth-order valence-corrected chi connectivity index (χ4v) is 3.34. The minimum absolute atomic E-state index is 0.0749. The van der Waals surface area contributed by atoms with E-state index in [4.69, 9.17) is 9.47 Å². The summed E-state index contributed by atoms with van der Waals surface area (Å²) in [6.07, 6.45) is 3.09. The van der Waals surface area contributed by atoms with Crippen molar-refractivity contribution in [1.29, 1.82) is 0 Å². The van der Waals surface area contributed by atoms with Crippen molar-refractivity contribution in [2.45, 2.75) is 24.3 Å². The molecule has 27 heavy (non-hydrogen) atoms. The minimum atomic E-state index is -0.399. The van der Waals surface area contributed by atoms with E-state index in [9.17, 15) is 9.59 Å². The molecule has 1 saturated heterocycles. The number of carbonyl (C=O) groups is 2. The van der Waals surface area contributed by atoms with E-state index in [-0.39, 0.29) is 30.6 Å². The molecule has 0 bridgehead atoms. The number of benzene rings is 1. The van der Waals surface area contributed by atoms with Gasteiger partial charge in [-0.3, -0.25) is 0 Å². The highest BCUT2D eigenvalue weighted by atomic mass is 32.1. The van der Waals surface area contributed by atoms with Gasteiger partial charge in [0, 0.05) is 25.4 Å². The summed E-state index contributed by atoms with van der Waals surface area (Å²) in [6.45, 7) is 8.43. The van der Waals surface area contributed by atoms with Gasteiger partial charge in [0.2, 0.25) is 0 Å². The van der Waals surface area contributed by atoms with Crippen LogP contribution in [0.2, 0.25) is 0 Å². The molecule has 146 valence electrons. The maximum atomic E-state index is 12.3. The van der Waals surface area contributed by atoms with E-state index in [1.54, 1.807) is 18.0 Å². The number of nitrogens with zero attached hydrogens (tertiary/aromatic N) is 2. The summed E-state index contributed by atoms with van der Waals surface area (Å²) in [5, 5.41) is 0.108. The smallest absolute Gasteiger partial charge is 0.410 e.